The Morgan fingerprint density at radius 2 is 1.85 bits per heavy atom. The third-order valence-electron chi connectivity index (χ3n) is 6.29. The lowest BCUT2D eigenvalue weighted by Gasteiger charge is -2.32. The van der Waals surface area contributed by atoms with E-state index < -0.39 is 29.6 Å². The zero-order chi connectivity index (χ0) is 24.4. The molecule has 0 spiro atoms. The molecule has 0 saturated heterocycles. The van der Waals surface area contributed by atoms with Gasteiger partial charge in [0.15, 0.2) is 0 Å². The normalized spacial score (nSPS) is 14.2. The van der Waals surface area contributed by atoms with Crippen LogP contribution in [0.2, 0.25) is 0 Å². The van der Waals surface area contributed by atoms with E-state index in [9.17, 15) is 23.6 Å². The van der Waals surface area contributed by atoms with Crippen molar-refractivity contribution in [1.29, 1.82) is 0 Å². The maximum absolute atomic E-state index is 13.4. The molecule has 0 aliphatic heterocycles. The summed E-state index contributed by atoms with van der Waals surface area (Å²) in [5.74, 6) is -3.22. The molecule has 2 aromatic heterocycles. The molecule has 3 rings (SSSR count). The number of aryl methyl sites for hydroxylation is 1. The number of halogens is 1. The van der Waals surface area contributed by atoms with Gasteiger partial charge < -0.3 is 20.5 Å². The summed E-state index contributed by atoms with van der Waals surface area (Å²) < 4.78 is 14.9. The van der Waals surface area contributed by atoms with Gasteiger partial charge in [-0.25, -0.2) is 4.98 Å². The minimum Gasteiger partial charge on any atom is -0.357 e. The van der Waals surface area contributed by atoms with Crippen LogP contribution in [0.1, 0.15) is 56.9 Å². The number of Topliss-reactive ketones (excluding diaryl/α,β-unsaturated/α-hetero) is 1. The number of pyridine rings is 1. The van der Waals surface area contributed by atoms with Gasteiger partial charge >= 0.3 is 0 Å². The third-order valence-corrected chi connectivity index (χ3v) is 6.29. The van der Waals surface area contributed by atoms with Crippen molar-refractivity contribution in [3.05, 3.63) is 46.3 Å². The van der Waals surface area contributed by atoms with Gasteiger partial charge in [-0.15, -0.1) is 0 Å². The fourth-order valence-electron chi connectivity index (χ4n) is 4.09. The first-order valence-electron chi connectivity index (χ1n) is 10.7. The second kappa shape index (κ2) is 9.51. The van der Waals surface area contributed by atoms with E-state index in [1.54, 1.807) is 20.9 Å². The van der Waals surface area contributed by atoms with Crippen molar-refractivity contribution in [2.24, 2.45) is 13.0 Å². The fourth-order valence-corrected chi connectivity index (χ4v) is 4.09. The highest BCUT2D eigenvalue weighted by atomic mass is 19.1. The van der Waals surface area contributed by atoms with Crippen molar-refractivity contribution in [1.82, 2.24) is 20.2 Å². The zero-order valence-electron chi connectivity index (χ0n) is 19.3. The van der Waals surface area contributed by atoms with Gasteiger partial charge in [0.1, 0.15) is 6.04 Å². The molecule has 3 N–H and O–H groups in total. The van der Waals surface area contributed by atoms with Crippen LogP contribution in [0.25, 0.3) is 0 Å². The molecular formula is C23H28FN5O4. The first kappa shape index (κ1) is 24.1. The van der Waals surface area contributed by atoms with Crippen LogP contribution in [0, 0.1) is 32.6 Å². The average molecular weight is 458 g/mol. The topological polar surface area (TPSA) is 122 Å². The van der Waals surface area contributed by atoms with Crippen LogP contribution in [0.3, 0.4) is 0 Å². The van der Waals surface area contributed by atoms with Crippen LogP contribution in [-0.2, 0) is 16.6 Å². The van der Waals surface area contributed by atoms with Gasteiger partial charge in [-0.05, 0) is 51.2 Å². The monoisotopic (exact) mass is 457 g/mol. The summed E-state index contributed by atoms with van der Waals surface area (Å²) >= 11 is 0. The summed E-state index contributed by atoms with van der Waals surface area (Å²) in [6.45, 7) is 4.77. The molecular weight excluding hydrogens is 429 g/mol. The quantitative estimate of drug-likeness (QED) is 0.333. The van der Waals surface area contributed by atoms with E-state index in [-0.39, 0.29) is 28.6 Å². The largest absolute Gasteiger partial charge is 0.357 e. The number of amides is 3. The van der Waals surface area contributed by atoms with E-state index in [4.69, 9.17) is 0 Å². The van der Waals surface area contributed by atoms with Crippen LogP contribution in [0.4, 0.5) is 10.1 Å². The van der Waals surface area contributed by atoms with E-state index in [0.29, 0.717) is 16.9 Å². The highest BCUT2D eigenvalue weighted by molar-refractivity contribution is 6.43. The number of likely N-dealkylation sites (N-methyl/N-ethyl adjacent to an activating group) is 1. The van der Waals surface area contributed by atoms with Gasteiger partial charge in [-0.3, -0.25) is 19.2 Å². The number of nitrogens with zero attached hydrogens (tertiary/aromatic N) is 2. The number of nitrogens with one attached hydrogen (secondary N) is 3. The van der Waals surface area contributed by atoms with Gasteiger partial charge in [-0.1, -0.05) is 6.42 Å². The minimum absolute atomic E-state index is 0.00735. The predicted octanol–water partition coefficient (Wildman–Crippen LogP) is 1.95. The molecule has 1 unspecified atom stereocenters. The zero-order valence-corrected chi connectivity index (χ0v) is 19.3. The molecule has 9 nitrogen and oxygen atoms in total. The molecule has 0 bridgehead atoms. The Morgan fingerprint density at radius 1 is 1.18 bits per heavy atom. The molecule has 2 heterocycles. The Balaban J connectivity index is 1.85. The van der Waals surface area contributed by atoms with Crippen molar-refractivity contribution < 1.29 is 23.6 Å². The standard InChI is InChI=1S/C23H28FN5O4/c1-11-9-15(10-26-20(11)24)27-21(31)16-12(2)18(29(5)13(16)3)19(30)23(33)28-17(22(32)25-4)14-7-6-8-14/h9-10,14,17H,6-8H2,1-5H3,(H,25,32)(H,27,31)(H,28,33). The van der Waals surface area contributed by atoms with Gasteiger partial charge in [-0.2, -0.15) is 4.39 Å². The van der Waals surface area contributed by atoms with Crippen molar-refractivity contribution in [3.63, 3.8) is 0 Å². The number of aromatic nitrogens is 2. The summed E-state index contributed by atoms with van der Waals surface area (Å²) in [7, 11) is 3.07. The van der Waals surface area contributed by atoms with Crippen molar-refractivity contribution in [2.75, 3.05) is 12.4 Å². The predicted molar refractivity (Wildman–Crippen MR) is 119 cm³/mol. The number of anilines is 1. The van der Waals surface area contributed by atoms with Gasteiger partial charge in [0, 0.05) is 25.4 Å². The fraction of sp³-hybridized carbons (Fsp3) is 0.435. The Labute approximate surface area is 191 Å². The molecule has 2 aromatic rings. The number of carbonyl (C=O) groups is 4. The maximum atomic E-state index is 13.4. The number of hydrogen-bond donors (Lipinski definition) is 3. The van der Waals surface area contributed by atoms with Crippen molar-refractivity contribution >= 4 is 29.2 Å². The van der Waals surface area contributed by atoms with Gasteiger partial charge in [0.25, 0.3) is 17.6 Å². The van der Waals surface area contributed by atoms with Crippen LogP contribution in [0.5, 0.6) is 0 Å². The SMILES string of the molecule is CNC(=O)C(NC(=O)C(=O)c1c(C)c(C(=O)Nc2cnc(F)c(C)c2)c(C)n1C)C1CCC1. The first-order valence-corrected chi connectivity index (χ1v) is 10.7. The number of carbonyl (C=O) groups excluding carboxylic acids is 4. The summed E-state index contributed by atoms with van der Waals surface area (Å²) in [6, 6.07) is 0.672. The van der Waals surface area contributed by atoms with E-state index in [1.807, 2.05) is 0 Å². The lowest BCUT2D eigenvalue weighted by molar-refractivity contribution is -0.129. The van der Waals surface area contributed by atoms with Crippen LogP contribution in [0.15, 0.2) is 12.3 Å². The summed E-state index contributed by atoms with van der Waals surface area (Å²) in [5, 5.41) is 7.76. The minimum atomic E-state index is -0.899. The van der Waals surface area contributed by atoms with Crippen molar-refractivity contribution in [2.45, 2.75) is 46.1 Å². The molecule has 1 fully saturated rings. The van der Waals surface area contributed by atoms with Gasteiger partial charge in [0.05, 0.1) is 23.1 Å². The molecule has 1 saturated carbocycles. The van der Waals surface area contributed by atoms with E-state index in [2.05, 4.69) is 20.9 Å². The van der Waals surface area contributed by atoms with Crippen LogP contribution >= 0.6 is 0 Å². The highest BCUT2D eigenvalue weighted by Gasteiger charge is 2.36. The average Bonchev–Trinajstić information content (AvgIpc) is 2.96. The number of rotatable bonds is 7. The summed E-state index contributed by atoms with van der Waals surface area (Å²) in [6.07, 6.45) is 3.78. The molecule has 176 valence electrons. The van der Waals surface area contributed by atoms with Crippen LogP contribution in [-0.4, -0.2) is 46.1 Å². The molecule has 1 aliphatic rings. The third kappa shape index (κ3) is 4.64. The molecule has 1 aliphatic carbocycles. The Bertz CT molecular complexity index is 1140. The van der Waals surface area contributed by atoms with E-state index >= 15 is 0 Å². The lowest BCUT2D eigenvalue weighted by atomic mass is 9.79. The second-order valence-corrected chi connectivity index (χ2v) is 8.36. The Kier molecular flexibility index (Phi) is 6.95. The highest BCUT2D eigenvalue weighted by Crippen LogP contribution is 2.30. The number of ketones is 1. The van der Waals surface area contributed by atoms with E-state index in [0.717, 1.165) is 19.3 Å². The summed E-state index contributed by atoms with van der Waals surface area (Å²) in [5.41, 5.74) is 1.69. The molecule has 33 heavy (non-hydrogen) atoms. The smallest absolute Gasteiger partial charge is 0.294 e. The second-order valence-electron chi connectivity index (χ2n) is 8.36. The molecule has 0 radical (unpaired) electrons. The van der Waals surface area contributed by atoms with Gasteiger partial charge in [0.2, 0.25) is 11.9 Å². The number of hydrogen-bond acceptors (Lipinski definition) is 5. The van der Waals surface area contributed by atoms with E-state index in [1.165, 1.54) is 30.8 Å². The van der Waals surface area contributed by atoms with Crippen LogP contribution < -0.4 is 16.0 Å². The molecule has 10 heteroatoms. The first-order chi connectivity index (χ1) is 15.6. The molecule has 0 aromatic carbocycles. The maximum Gasteiger partial charge on any atom is 0.294 e. The molecule has 1 atom stereocenters. The Hall–Kier alpha value is -3.56. The Morgan fingerprint density at radius 3 is 2.39 bits per heavy atom. The lowest BCUT2D eigenvalue weighted by Crippen LogP contribution is -2.53. The van der Waals surface area contributed by atoms with Crippen molar-refractivity contribution in [3.8, 4) is 0 Å². The summed E-state index contributed by atoms with van der Waals surface area (Å²) in [4.78, 5) is 54.6. The molecule has 3 amide bonds.